The molecule has 0 saturated heterocycles. The number of aliphatic hydroxyl groups is 1. The monoisotopic (exact) mass is 502 g/mol. The second kappa shape index (κ2) is 15.4. The van der Waals surface area contributed by atoms with Gasteiger partial charge >= 0.3 is 5.97 Å². The Morgan fingerprint density at radius 3 is 1.94 bits per heavy atom. The zero-order valence-electron chi connectivity index (χ0n) is 20.2. The van der Waals surface area contributed by atoms with E-state index in [9.17, 15) is 34.2 Å². The highest BCUT2D eigenvalue weighted by Gasteiger charge is 2.33. The fourth-order valence-corrected chi connectivity index (χ4v) is 2.95. The van der Waals surface area contributed by atoms with Crippen molar-refractivity contribution in [1.29, 1.82) is 0 Å². The van der Waals surface area contributed by atoms with Crippen molar-refractivity contribution in [2.75, 3.05) is 6.54 Å². The third-order valence-corrected chi connectivity index (χ3v) is 5.18. The lowest BCUT2D eigenvalue weighted by atomic mass is 9.98. The van der Waals surface area contributed by atoms with Gasteiger partial charge in [0.25, 0.3) is 0 Å². The summed E-state index contributed by atoms with van der Waals surface area (Å²) in [7, 11) is 0. The minimum absolute atomic E-state index is 0.0167. The number of rotatable bonds is 16. The van der Waals surface area contributed by atoms with Gasteiger partial charge in [-0.2, -0.15) is 0 Å². The average Bonchev–Trinajstić information content (AvgIpc) is 2.75. The van der Waals surface area contributed by atoms with Gasteiger partial charge in [-0.15, -0.1) is 0 Å². The summed E-state index contributed by atoms with van der Waals surface area (Å²) < 4.78 is 0. The van der Waals surface area contributed by atoms with E-state index < -0.39 is 72.2 Å². The van der Waals surface area contributed by atoms with Gasteiger partial charge in [-0.3, -0.25) is 24.2 Å². The number of aliphatic hydroxyl groups excluding tert-OH is 1. The normalized spacial score (nSPS) is 15.9. The van der Waals surface area contributed by atoms with E-state index in [-0.39, 0.29) is 25.3 Å². The van der Waals surface area contributed by atoms with E-state index >= 15 is 0 Å². The highest BCUT2D eigenvalue weighted by molar-refractivity contribution is 5.95. The van der Waals surface area contributed by atoms with Crippen molar-refractivity contribution in [3.63, 3.8) is 0 Å². The van der Waals surface area contributed by atoms with Gasteiger partial charge in [0.2, 0.25) is 23.6 Å². The second-order valence-corrected chi connectivity index (χ2v) is 8.22. The number of nitrogens with zero attached hydrogens (tertiary/aromatic N) is 1. The molecular weight excluding hydrogens is 464 g/mol. The summed E-state index contributed by atoms with van der Waals surface area (Å²) >= 11 is 0. The van der Waals surface area contributed by atoms with Crippen molar-refractivity contribution in [3.8, 4) is 0 Å². The van der Waals surface area contributed by atoms with E-state index in [4.69, 9.17) is 22.9 Å². The smallest absolute Gasteiger partial charge is 0.326 e. The molecule has 15 nitrogen and oxygen atoms in total. The first-order valence-electron chi connectivity index (χ1n) is 11.1. The first-order valence-corrected chi connectivity index (χ1v) is 11.1. The second-order valence-electron chi connectivity index (χ2n) is 8.22. The van der Waals surface area contributed by atoms with Crippen LogP contribution in [-0.2, 0) is 24.0 Å². The Kier molecular flexibility index (Phi) is 13.9. The molecule has 13 N–H and O–H groups in total. The molecule has 0 rings (SSSR count). The number of aliphatic carboxylic acids is 1. The molecule has 0 aliphatic carbocycles. The molecule has 6 unspecified atom stereocenters. The number of primary amides is 1. The lowest BCUT2D eigenvalue weighted by Crippen LogP contribution is -2.60. The van der Waals surface area contributed by atoms with Crippen LogP contribution < -0.4 is 38.9 Å². The van der Waals surface area contributed by atoms with Gasteiger partial charge in [0.05, 0.1) is 18.6 Å². The fourth-order valence-electron chi connectivity index (χ4n) is 2.95. The predicted molar refractivity (Wildman–Crippen MR) is 126 cm³/mol. The zero-order chi connectivity index (χ0) is 27.3. The highest BCUT2D eigenvalue weighted by atomic mass is 16.4. The summed E-state index contributed by atoms with van der Waals surface area (Å²) in [5, 5.41) is 26.5. The molecule has 0 radical (unpaired) electrons. The van der Waals surface area contributed by atoms with Crippen LogP contribution >= 0.6 is 0 Å². The predicted octanol–water partition coefficient (Wildman–Crippen LogP) is -3.79. The van der Waals surface area contributed by atoms with E-state index in [2.05, 4.69) is 20.9 Å². The van der Waals surface area contributed by atoms with Gasteiger partial charge in [0.15, 0.2) is 5.96 Å². The van der Waals surface area contributed by atoms with Crippen LogP contribution in [0, 0.1) is 5.92 Å². The molecule has 15 heteroatoms. The summed E-state index contributed by atoms with van der Waals surface area (Å²) in [4.78, 5) is 64.3. The largest absolute Gasteiger partial charge is 0.480 e. The van der Waals surface area contributed by atoms with Crippen LogP contribution in [0.4, 0.5) is 0 Å². The fraction of sp³-hybridized carbons (Fsp3) is 0.700. The summed E-state index contributed by atoms with van der Waals surface area (Å²) in [6.07, 6.45) is -1.16. The number of carboxylic acid groups (broad SMARTS) is 1. The number of nitrogens with two attached hydrogens (primary N) is 4. The number of aliphatic imine (C=N–C) groups is 1. The number of hydrogen-bond donors (Lipinski definition) is 9. The first kappa shape index (κ1) is 31.5. The minimum Gasteiger partial charge on any atom is -0.480 e. The number of carbonyl (C=O) groups excluding carboxylic acids is 4. The SMILES string of the molecule is CCC(C)C(NC(=O)C(CCCN=C(N)N)NC(=O)C(NC(=O)C(N)CC(N)=O)C(C)O)C(=O)O. The average molecular weight is 503 g/mol. The minimum atomic E-state index is -1.53. The van der Waals surface area contributed by atoms with Crippen LogP contribution in [-0.4, -0.2) is 82.6 Å². The van der Waals surface area contributed by atoms with Crippen molar-refractivity contribution in [2.24, 2.45) is 33.8 Å². The van der Waals surface area contributed by atoms with Gasteiger partial charge in [-0.1, -0.05) is 20.3 Å². The van der Waals surface area contributed by atoms with Gasteiger partial charge < -0.3 is 49.1 Å². The molecule has 4 amide bonds. The molecule has 0 heterocycles. The molecule has 0 aromatic carbocycles. The third-order valence-electron chi connectivity index (χ3n) is 5.18. The Balaban J connectivity index is 5.62. The lowest BCUT2D eigenvalue weighted by Gasteiger charge is -2.27. The summed E-state index contributed by atoms with van der Waals surface area (Å²) in [6.45, 7) is 4.77. The van der Waals surface area contributed by atoms with Gasteiger partial charge in [0.1, 0.15) is 18.1 Å². The Hall–Kier alpha value is -3.46. The van der Waals surface area contributed by atoms with E-state index in [1.807, 2.05) is 0 Å². The number of guanidine groups is 1. The molecule has 0 aromatic heterocycles. The zero-order valence-corrected chi connectivity index (χ0v) is 20.2. The molecule has 0 aromatic rings. The van der Waals surface area contributed by atoms with Crippen LogP contribution in [0.5, 0.6) is 0 Å². The molecule has 6 atom stereocenters. The topological polar surface area (TPSA) is 278 Å². The third kappa shape index (κ3) is 12.0. The Labute approximate surface area is 203 Å². The van der Waals surface area contributed by atoms with E-state index in [1.165, 1.54) is 6.92 Å². The van der Waals surface area contributed by atoms with Crippen molar-refractivity contribution in [3.05, 3.63) is 0 Å². The number of amides is 4. The molecule has 200 valence electrons. The van der Waals surface area contributed by atoms with Crippen LogP contribution in [0.25, 0.3) is 0 Å². The van der Waals surface area contributed by atoms with Crippen LogP contribution in [0.15, 0.2) is 4.99 Å². The van der Waals surface area contributed by atoms with Crippen LogP contribution in [0.2, 0.25) is 0 Å². The molecule has 35 heavy (non-hydrogen) atoms. The maximum absolute atomic E-state index is 12.9. The highest BCUT2D eigenvalue weighted by Crippen LogP contribution is 2.10. The van der Waals surface area contributed by atoms with Gasteiger partial charge in [-0.25, -0.2) is 4.79 Å². The molecule has 0 fully saturated rings. The first-order chi connectivity index (χ1) is 16.2. The van der Waals surface area contributed by atoms with Gasteiger partial charge in [0, 0.05) is 6.54 Å². The number of carbonyl (C=O) groups is 5. The number of carboxylic acids is 1. The van der Waals surface area contributed by atoms with E-state index in [1.54, 1.807) is 13.8 Å². The van der Waals surface area contributed by atoms with Crippen molar-refractivity contribution in [2.45, 2.75) is 76.7 Å². The summed E-state index contributed by atoms with van der Waals surface area (Å²) in [5.74, 6) is -5.27. The van der Waals surface area contributed by atoms with Crippen molar-refractivity contribution < 1.29 is 34.2 Å². The van der Waals surface area contributed by atoms with E-state index in [0.717, 1.165) is 0 Å². The lowest BCUT2D eigenvalue weighted by molar-refractivity contribution is -0.144. The molecule has 0 spiro atoms. The quantitative estimate of drug-likeness (QED) is 0.0563. The van der Waals surface area contributed by atoms with Crippen LogP contribution in [0.3, 0.4) is 0 Å². The molecule has 0 aliphatic rings. The van der Waals surface area contributed by atoms with Crippen molar-refractivity contribution in [1.82, 2.24) is 16.0 Å². The number of hydrogen-bond acceptors (Lipinski definition) is 8. The Morgan fingerprint density at radius 2 is 1.49 bits per heavy atom. The summed E-state index contributed by atoms with van der Waals surface area (Å²) in [5.41, 5.74) is 21.1. The molecule has 0 saturated carbocycles. The maximum atomic E-state index is 12.9. The van der Waals surface area contributed by atoms with Gasteiger partial charge in [-0.05, 0) is 25.7 Å². The molecular formula is C20H38N8O7. The Bertz CT molecular complexity index is 785. The summed E-state index contributed by atoms with van der Waals surface area (Å²) in [6, 6.07) is -5.32. The Morgan fingerprint density at radius 1 is 0.914 bits per heavy atom. The molecule has 0 bridgehead atoms. The standard InChI is InChI=1S/C20H38N8O7/c1-4-9(2)14(19(34)35)27-17(32)12(6-5-7-25-20(23)24)26-18(33)15(10(3)29)28-16(31)11(21)8-13(22)30/h9-12,14-15,29H,4-8,21H2,1-3H3,(H2,22,30)(H,26,33)(H,27,32)(H,28,31)(H,34,35)(H4,23,24,25). The maximum Gasteiger partial charge on any atom is 0.326 e. The van der Waals surface area contributed by atoms with Crippen LogP contribution in [0.1, 0.15) is 46.5 Å². The van der Waals surface area contributed by atoms with E-state index in [0.29, 0.717) is 6.42 Å². The van der Waals surface area contributed by atoms with Crippen molar-refractivity contribution >= 4 is 35.6 Å². The molecule has 0 aliphatic heterocycles. The number of nitrogens with one attached hydrogen (secondary N) is 3.